The maximum absolute atomic E-state index is 12.9. The van der Waals surface area contributed by atoms with Crippen LogP contribution in [-0.2, 0) is 0 Å². The normalized spacial score (nSPS) is 14.2. The Balaban J connectivity index is 1.59. The molecule has 2 amide bonds. The number of piperazine rings is 1. The van der Waals surface area contributed by atoms with Gasteiger partial charge in [0.2, 0.25) is 0 Å². The number of aromatic nitrogens is 1. The first-order chi connectivity index (χ1) is 13.9. The summed E-state index contributed by atoms with van der Waals surface area (Å²) in [6.07, 6.45) is 1.52. The zero-order valence-corrected chi connectivity index (χ0v) is 17.4. The second kappa shape index (κ2) is 9.52. The summed E-state index contributed by atoms with van der Waals surface area (Å²) in [6, 6.07) is 11.6. The van der Waals surface area contributed by atoms with Crippen molar-refractivity contribution < 1.29 is 9.59 Å². The molecule has 0 radical (unpaired) electrons. The van der Waals surface area contributed by atoms with Crippen LogP contribution in [0.15, 0.2) is 42.6 Å². The SMILES string of the molecule is Cc1cccc(N2CCN(C(=O)c3cc(C(=O)NCCN(C)C)ccn3)CC2)c1. The Kier molecular flexibility index (Phi) is 6.82. The van der Waals surface area contributed by atoms with Crippen molar-refractivity contribution >= 4 is 17.5 Å². The van der Waals surface area contributed by atoms with E-state index < -0.39 is 0 Å². The Labute approximate surface area is 172 Å². The molecule has 2 aromatic rings. The number of amides is 2. The first kappa shape index (κ1) is 20.8. The number of hydrogen-bond donors (Lipinski definition) is 1. The first-order valence-corrected chi connectivity index (χ1v) is 9.94. The molecule has 0 bridgehead atoms. The van der Waals surface area contributed by atoms with E-state index in [-0.39, 0.29) is 11.8 Å². The van der Waals surface area contributed by atoms with Crippen molar-refractivity contribution in [2.75, 3.05) is 58.3 Å². The average molecular weight is 396 g/mol. The number of likely N-dealkylation sites (N-methyl/N-ethyl adjacent to an activating group) is 1. The lowest BCUT2D eigenvalue weighted by atomic mass is 10.1. The highest BCUT2D eigenvalue weighted by molar-refractivity contribution is 5.98. The topological polar surface area (TPSA) is 68.8 Å². The van der Waals surface area contributed by atoms with E-state index in [2.05, 4.69) is 46.4 Å². The van der Waals surface area contributed by atoms with Gasteiger partial charge in [0.1, 0.15) is 5.69 Å². The number of hydrogen-bond acceptors (Lipinski definition) is 5. The van der Waals surface area contributed by atoms with Gasteiger partial charge < -0.3 is 20.0 Å². The Morgan fingerprint density at radius 1 is 1.10 bits per heavy atom. The molecule has 29 heavy (non-hydrogen) atoms. The molecule has 1 saturated heterocycles. The van der Waals surface area contributed by atoms with Gasteiger partial charge in [-0.25, -0.2) is 0 Å². The standard InChI is InChI=1S/C22H29N5O2/c1-17-5-4-6-19(15-17)26-11-13-27(14-12-26)22(29)20-16-18(7-8-23-20)21(28)24-9-10-25(2)3/h4-8,15-16H,9-14H2,1-3H3,(H,24,28). The second-order valence-electron chi connectivity index (χ2n) is 7.61. The van der Waals surface area contributed by atoms with E-state index in [9.17, 15) is 9.59 Å². The van der Waals surface area contributed by atoms with Crippen molar-refractivity contribution in [3.63, 3.8) is 0 Å². The summed E-state index contributed by atoms with van der Waals surface area (Å²) in [5, 5.41) is 2.86. The van der Waals surface area contributed by atoms with Gasteiger partial charge in [-0.15, -0.1) is 0 Å². The minimum atomic E-state index is -0.187. The first-order valence-electron chi connectivity index (χ1n) is 9.94. The zero-order chi connectivity index (χ0) is 20.8. The van der Waals surface area contributed by atoms with E-state index in [4.69, 9.17) is 0 Å². The molecule has 1 aliphatic rings. The van der Waals surface area contributed by atoms with Crippen LogP contribution < -0.4 is 10.2 Å². The highest BCUT2D eigenvalue weighted by Crippen LogP contribution is 2.18. The van der Waals surface area contributed by atoms with E-state index in [1.165, 1.54) is 17.4 Å². The number of benzene rings is 1. The summed E-state index contributed by atoms with van der Waals surface area (Å²) in [5.41, 5.74) is 3.19. The molecule has 1 aliphatic heterocycles. The van der Waals surface area contributed by atoms with Gasteiger partial charge in [-0.2, -0.15) is 0 Å². The monoisotopic (exact) mass is 395 g/mol. The molecule has 0 unspecified atom stereocenters. The highest BCUT2D eigenvalue weighted by atomic mass is 16.2. The number of anilines is 1. The van der Waals surface area contributed by atoms with Gasteiger partial charge in [0, 0.05) is 56.7 Å². The number of nitrogens with one attached hydrogen (secondary N) is 1. The summed E-state index contributed by atoms with van der Waals surface area (Å²) in [6.45, 7) is 6.21. The van der Waals surface area contributed by atoms with Gasteiger partial charge in [-0.05, 0) is 50.8 Å². The molecule has 1 fully saturated rings. The molecule has 2 heterocycles. The molecule has 1 N–H and O–H groups in total. The molecule has 1 aromatic carbocycles. The minimum absolute atomic E-state index is 0.128. The second-order valence-corrected chi connectivity index (χ2v) is 7.61. The van der Waals surface area contributed by atoms with E-state index >= 15 is 0 Å². The third-order valence-corrected chi connectivity index (χ3v) is 5.02. The number of nitrogens with zero attached hydrogens (tertiary/aromatic N) is 4. The van der Waals surface area contributed by atoms with Crippen LogP contribution in [0.5, 0.6) is 0 Å². The van der Waals surface area contributed by atoms with Crippen LogP contribution in [0.2, 0.25) is 0 Å². The Morgan fingerprint density at radius 3 is 2.55 bits per heavy atom. The van der Waals surface area contributed by atoms with Crippen LogP contribution in [0.4, 0.5) is 5.69 Å². The summed E-state index contributed by atoms with van der Waals surface area (Å²) in [7, 11) is 3.90. The molecule has 0 aliphatic carbocycles. The summed E-state index contributed by atoms with van der Waals surface area (Å²) < 4.78 is 0. The van der Waals surface area contributed by atoms with Crippen molar-refractivity contribution in [2.24, 2.45) is 0 Å². The largest absolute Gasteiger partial charge is 0.368 e. The minimum Gasteiger partial charge on any atom is -0.368 e. The van der Waals surface area contributed by atoms with Crippen molar-refractivity contribution in [3.05, 3.63) is 59.4 Å². The molecule has 1 aromatic heterocycles. The van der Waals surface area contributed by atoms with Crippen LogP contribution in [0.1, 0.15) is 26.4 Å². The van der Waals surface area contributed by atoms with Crippen molar-refractivity contribution in [1.29, 1.82) is 0 Å². The fourth-order valence-corrected chi connectivity index (χ4v) is 3.34. The summed E-state index contributed by atoms with van der Waals surface area (Å²) in [5.74, 6) is -0.315. The van der Waals surface area contributed by atoms with E-state index in [0.717, 1.165) is 19.6 Å². The van der Waals surface area contributed by atoms with Gasteiger partial charge in [0.15, 0.2) is 0 Å². The van der Waals surface area contributed by atoms with Gasteiger partial charge in [-0.1, -0.05) is 12.1 Å². The average Bonchev–Trinajstić information content (AvgIpc) is 2.73. The number of carbonyl (C=O) groups is 2. The molecular weight excluding hydrogens is 366 g/mol. The van der Waals surface area contributed by atoms with Crippen LogP contribution in [-0.4, -0.2) is 80.0 Å². The van der Waals surface area contributed by atoms with Crippen molar-refractivity contribution in [2.45, 2.75) is 6.92 Å². The third kappa shape index (κ3) is 5.54. The smallest absolute Gasteiger partial charge is 0.272 e. The van der Waals surface area contributed by atoms with Crippen LogP contribution in [0, 0.1) is 6.92 Å². The lowest BCUT2D eigenvalue weighted by molar-refractivity contribution is 0.0741. The van der Waals surface area contributed by atoms with Crippen LogP contribution >= 0.6 is 0 Å². The van der Waals surface area contributed by atoms with Gasteiger partial charge >= 0.3 is 0 Å². The summed E-state index contributed by atoms with van der Waals surface area (Å²) in [4.78, 5) is 35.5. The lowest BCUT2D eigenvalue weighted by Gasteiger charge is -2.36. The van der Waals surface area contributed by atoms with E-state index in [1.807, 2.05) is 23.9 Å². The number of carbonyl (C=O) groups excluding carboxylic acids is 2. The van der Waals surface area contributed by atoms with Crippen LogP contribution in [0.3, 0.4) is 0 Å². The fraction of sp³-hybridized carbons (Fsp3) is 0.409. The predicted molar refractivity (Wildman–Crippen MR) is 114 cm³/mol. The predicted octanol–water partition coefficient (Wildman–Crippen LogP) is 1.64. The quantitative estimate of drug-likeness (QED) is 0.805. The maximum Gasteiger partial charge on any atom is 0.272 e. The maximum atomic E-state index is 12.9. The fourth-order valence-electron chi connectivity index (χ4n) is 3.34. The zero-order valence-electron chi connectivity index (χ0n) is 17.4. The molecule has 3 rings (SSSR count). The lowest BCUT2D eigenvalue weighted by Crippen LogP contribution is -2.49. The number of pyridine rings is 1. The molecule has 154 valence electrons. The molecule has 0 saturated carbocycles. The van der Waals surface area contributed by atoms with E-state index in [1.54, 1.807) is 12.1 Å². The van der Waals surface area contributed by atoms with Gasteiger partial charge in [-0.3, -0.25) is 14.6 Å². The Bertz CT molecular complexity index is 860. The summed E-state index contributed by atoms with van der Waals surface area (Å²) >= 11 is 0. The third-order valence-electron chi connectivity index (χ3n) is 5.02. The molecule has 0 spiro atoms. The molecule has 7 nitrogen and oxygen atoms in total. The molecular formula is C22H29N5O2. The Morgan fingerprint density at radius 2 is 1.86 bits per heavy atom. The molecule has 0 atom stereocenters. The Hall–Kier alpha value is -2.93. The van der Waals surface area contributed by atoms with E-state index in [0.29, 0.717) is 30.9 Å². The van der Waals surface area contributed by atoms with Crippen LogP contribution in [0.25, 0.3) is 0 Å². The number of rotatable bonds is 6. The van der Waals surface area contributed by atoms with Crippen molar-refractivity contribution in [3.8, 4) is 0 Å². The molecule has 7 heteroatoms. The number of aryl methyl sites for hydroxylation is 1. The highest BCUT2D eigenvalue weighted by Gasteiger charge is 2.23. The van der Waals surface area contributed by atoms with Gasteiger partial charge in [0.05, 0.1) is 0 Å². The van der Waals surface area contributed by atoms with Crippen molar-refractivity contribution in [1.82, 2.24) is 20.1 Å². The van der Waals surface area contributed by atoms with Gasteiger partial charge in [0.25, 0.3) is 11.8 Å².